The maximum atomic E-state index is 12.4. The van der Waals surface area contributed by atoms with Gasteiger partial charge < -0.3 is 15.0 Å². The van der Waals surface area contributed by atoms with Crippen molar-refractivity contribution in [1.82, 2.24) is 9.55 Å². The molecular weight excluding hydrogens is 254 g/mol. The molecule has 0 radical (unpaired) electrons. The second kappa shape index (κ2) is 5.20. The Morgan fingerprint density at radius 2 is 2.10 bits per heavy atom. The van der Waals surface area contributed by atoms with E-state index in [1.54, 1.807) is 17.0 Å². The molecule has 5 nitrogen and oxygen atoms in total. The first-order valence-electron chi connectivity index (χ1n) is 7.60. The number of nitrogens with one attached hydrogen (secondary N) is 1. The summed E-state index contributed by atoms with van der Waals surface area (Å²) in [6.07, 6.45) is 9.54. The highest BCUT2D eigenvalue weighted by Gasteiger charge is 2.35. The summed E-state index contributed by atoms with van der Waals surface area (Å²) in [5, 5.41) is 13.0. The molecule has 1 aromatic heterocycles. The van der Waals surface area contributed by atoms with E-state index in [1.807, 2.05) is 0 Å². The third-order valence-electron chi connectivity index (χ3n) is 4.73. The van der Waals surface area contributed by atoms with Gasteiger partial charge in [0.25, 0.3) is 5.56 Å². The highest BCUT2D eigenvalue weighted by Crippen LogP contribution is 2.35. The van der Waals surface area contributed by atoms with E-state index in [-0.39, 0.29) is 17.7 Å². The minimum absolute atomic E-state index is 0.0542. The van der Waals surface area contributed by atoms with Crippen LogP contribution in [0.3, 0.4) is 0 Å². The Kier molecular flexibility index (Phi) is 3.54. The van der Waals surface area contributed by atoms with Crippen LogP contribution in [0.15, 0.2) is 17.2 Å². The van der Waals surface area contributed by atoms with Crippen molar-refractivity contribution in [2.75, 3.05) is 11.9 Å². The fourth-order valence-corrected chi connectivity index (χ4v) is 3.04. The molecule has 2 fully saturated rings. The number of hydrogen-bond donors (Lipinski definition) is 2. The number of anilines is 1. The normalized spacial score (nSPS) is 30.2. The number of nitrogens with zero attached hydrogens (tertiary/aromatic N) is 2. The number of aromatic nitrogens is 2. The van der Waals surface area contributed by atoms with Gasteiger partial charge in [0, 0.05) is 18.4 Å². The third kappa shape index (κ3) is 2.59. The molecular formula is C15H23N3O2. The van der Waals surface area contributed by atoms with Crippen molar-refractivity contribution in [3.63, 3.8) is 0 Å². The highest BCUT2D eigenvalue weighted by molar-refractivity contribution is 5.36. The summed E-state index contributed by atoms with van der Waals surface area (Å²) in [6, 6.07) is 0.350. The molecule has 3 rings (SSSR count). The van der Waals surface area contributed by atoms with Crippen LogP contribution in [-0.4, -0.2) is 26.8 Å². The zero-order valence-electron chi connectivity index (χ0n) is 12.0. The van der Waals surface area contributed by atoms with Crippen LogP contribution in [-0.2, 0) is 0 Å². The van der Waals surface area contributed by atoms with E-state index in [9.17, 15) is 9.90 Å². The largest absolute Gasteiger partial charge is 0.394 e. The molecule has 0 aromatic carbocycles. The maximum absolute atomic E-state index is 12.4. The molecule has 0 amide bonds. The predicted octanol–water partition coefficient (Wildman–Crippen LogP) is 1.93. The van der Waals surface area contributed by atoms with Crippen molar-refractivity contribution in [2.24, 2.45) is 5.92 Å². The molecule has 0 atom stereocenters. The third-order valence-corrected chi connectivity index (χ3v) is 4.73. The fraction of sp³-hybridized carbons (Fsp3) is 0.733. The smallest absolute Gasteiger partial charge is 0.293 e. The van der Waals surface area contributed by atoms with E-state index in [1.165, 1.54) is 0 Å². The van der Waals surface area contributed by atoms with Gasteiger partial charge in [-0.2, -0.15) is 0 Å². The second-order valence-electron chi connectivity index (χ2n) is 6.47. The first kappa shape index (κ1) is 13.6. The molecule has 110 valence electrons. The van der Waals surface area contributed by atoms with Crippen LogP contribution in [0.5, 0.6) is 0 Å². The van der Waals surface area contributed by atoms with Gasteiger partial charge in [-0.05, 0) is 44.4 Å². The molecule has 2 aliphatic carbocycles. The lowest BCUT2D eigenvalue weighted by Crippen LogP contribution is -2.47. The summed E-state index contributed by atoms with van der Waals surface area (Å²) in [6.45, 7) is 2.29. The van der Waals surface area contributed by atoms with Crippen molar-refractivity contribution in [1.29, 1.82) is 0 Å². The number of rotatable bonds is 4. The van der Waals surface area contributed by atoms with E-state index < -0.39 is 0 Å². The standard InChI is InChI=1S/C15H23N3O2/c1-11-4-6-15(10-19,7-5-11)17-13-14(20)18(9-8-16-13)12-2-3-12/h8-9,11-12,19H,2-7,10H2,1H3,(H,16,17). The second-order valence-corrected chi connectivity index (χ2v) is 6.47. The Morgan fingerprint density at radius 3 is 2.70 bits per heavy atom. The summed E-state index contributed by atoms with van der Waals surface area (Å²) >= 11 is 0. The van der Waals surface area contributed by atoms with Crippen LogP contribution in [0.4, 0.5) is 5.82 Å². The van der Waals surface area contributed by atoms with Gasteiger partial charge in [-0.15, -0.1) is 0 Å². The lowest BCUT2D eigenvalue weighted by atomic mass is 9.77. The quantitative estimate of drug-likeness (QED) is 0.882. The Bertz CT molecular complexity index is 528. The first-order valence-corrected chi connectivity index (χ1v) is 7.60. The molecule has 0 aliphatic heterocycles. The summed E-state index contributed by atoms with van der Waals surface area (Å²) in [7, 11) is 0. The van der Waals surface area contributed by atoms with E-state index in [0.717, 1.165) is 38.5 Å². The van der Waals surface area contributed by atoms with Gasteiger partial charge in [0.1, 0.15) is 0 Å². The van der Waals surface area contributed by atoms with Crippen molar-refractivity contribution in [3.05, 3.63) is 22.7 Å². The van der Waals surface area contributed by atoms with Crippen LogP contribution >= 0.6 is 0 Å². The fourth-order valence-electron chi connectivity index (χ4n) is 3.04. The Balaban J connectivity index is 1.82. The van der Waals surface area contributed by atoms with Gasteiger partial charge in [-0.1, -0.05) is 6.92 Å². The summed E-state index contributed by atoms with van der Waals surface area (Å²) in [4.78, 5) is 16.6. The molecule has 5 heteroatoms. The Labute approximate surface area is 119 Å². The van der Waals surface area contributed by atoms with Gasteiger partial charge in [-0.25, -0.2) is 4.98 Å². The van der Waals surface area contributed by atoms with Crippen molar-refractivity contribution in [2.45, 2.75) is 57.0 Å². The molecule has 1 aromatic rings. The topological polar surface area (TPSA) is 67.2 Å². The van der Waals surface area contributed by atoms with Crippen LogP contribution in [0.1, 0.15) is 51.5 Å². The van der Waals surface area contributed by atoms with E-state index >= 15 is 0 Å². The zero-order chi connectivity index (χ0) is 14.2. The molecule has 2 saturated carbocycles. The maximum Gasteiger partial charge on any atom is 0.293 e. The summed E-state index contributed by atoms with van der Waals surface area (Å²) < 4.78 is 1.77. The number of hydrogen-bond acceptors (Lipinski definition) is 4. The van der Waals surface area contributed by atoms with E-state index in [0.29, 0.717) is 17.8 Å². The molecule has 0 unspecified atom stereocenters. The van der Waals surface area contributed by atoms with Gasteiger partial charge in [0.2, 0.25) is 0 Å². The number of aliphatic hydroxyl groups excluding tert-OH is 1. The Morgan fingerprint density at radius 1 is 1.40 bits per heavy atom. The molecule has 0 spiro atoms. The molecule has 0 saturated heterocycles. The minimum Gasteiger partial charge on any atom is -0.394 e. The van der Waals surface area contributed by atoms with Gasteiger partial charge in [0.05, 0.1) is 12.1 Å². The molecule has 2 aliphatic rings. The monoisotopic (exact) mass is 277 g/mol. The Hall–Kier alpha value is -1.36. The minimum atomic E-state index is -0.374. The molecule has 0 bridgehead atoms. The van der Waals surface area contributed by atoms with Gasteiger partial charge in [-0.3, -0.25) is 4.79 Å². The van der Waals surface area contributed by atoms with Gasteiger partial charge in [0.15, 0.2) is 5.82 Å². The van der Waals surface area contributed by atoms with Crippen molar-refractivity contribution >= 4 is 5.82 Å². The van der Waals surface area contributed by atoms with E-state index in [2.05, 4.69) is 17.2 Å². The van der Waals surface area contributed by atoms with Crippen LogP contribution < -0.4 is 10.9 Å². The van der Waals surface area contributed by atoms with Crippen LogP contribution in [0.25, 0.3) is 0 Å². The molecule has 20 heavy (non-hydrogen) atoms. The first-order chi connectivity index (χ1) is 9.63. The average Bonchev–Trinajstić information content (AvgIpc) is 3.28. The average molecular weight is 277 g/mol. The molecule has 2 N–H and O–H groups in total. The van der Waals surface area contributed by atoms with E-state index in [4.69, 9.17) is 0 Å². The van der Waals surface area contributed by atoms with Crippen LogP contribution in [0.2, 0.25) is 0 Å². The van der Waals surface area contributed by atoms with Crippen molar-refractivity contribution in [3.8, 4) is 0 Å². The van der Waals surface area contributed by atoms with Gasteiger partial charge >= 0.3 is 0 Å². The number of aliphatic hydroxyl groups is 1. The lowest BCUT2D eigenvalue weighted by molar-refractivity contribution is 0.155. The molecule has 1 heterocycles. The summed E-state index contributed by atoms with van der Waals surface area (Å²) in [5.74, 6) is 1.09. The SMILES string of the molecule is CC1CCC(CO)(Nc2nccn(C3CC3)c2=O)CC1. The van der Waals surface area contributed by atoms with Crippen molar-refractivity contribution < 1.29 is 5.11 Å². The lowest BCUT2D eigenvalue weighted by Gasteiger charge is -2.38. The predicted molar refractivity (Wildman–Crippen MR) is 77.8 cm³/mol. The van der Waals surface area contributed by atoms with Crippen LogP contribution in [0, 0.1) is 5.92 Å². The zero-order valence-corrected chi connectivity index (χ0v) is 12.0. The summed E-state index contributed by atoms with van der Waals surface area (Å²) in [5.41, 5.74) is -0.428. The highest BCUT2D eigenvalue weighted by atomic mass is 16.3.